The Bertz CT molecular complexity index is 410. The second kappa shape index (κ2) is 6.96. The Morgan fingerprint density at radius 3 is 2.83 bits per heavy atom. The van der Waals surface area contributed by atoms with Crippen molar-refractivity contribution in [3.8, 4) is 5.75 Å². The maximum Gasteiger partial charge on any atom is 0.255 e. The molecule has 0 aliphatic carbocycles. The molecule has 18 heavy (non-hydrogen) atoms. The summed E-state index contributed by atoms with van der Waals surface area (Å²) in [7, 11) is 0. The number of benzene rings is 1. The van der Waals surface area contributed by atoms with Gasteiger partial charge in [-0.15, -0.1) is 0 Å². The largest absolute Gasteiger partial charge is 0.484 e. The minimum atomic E-state index is -0.586. The molecule has 0 spiro atoms. The number of primary amides is 1. The minimum absolute atomic E-state index is 0.0601. The number of rotatable bonds is 7. The maximum atomic E-state index is 13.8. The minimum Gasteiger partial charge on any atom is -0.484 e. The van der Waals surface area contributed by atoms with Crippen LogP contribution in [0.3, 0.4) is 0 Å². The van der Waals surface area contributed by atoms with E-state index in [1.807, 2.05) is 6.92 Å². The number of nitrogens with one attached hydrogen (secondary N) is 1. The zero-order valence-electron chi connectivity index (χ0n) is 10.7. The summed E-state index contributed by atoms with van der Waals surface area (Å²) < 4.78 is 18.8. The van der Waals surface area contributed by atoms with Gasteiger partial charge in [0.15, 0.2) is 6.61 Å². The lowest BCUT2D eigenvalue weighted by atomic mass is 10.1. The highest BCUT2D eigenvalue weighted by molar-refractivity contribution is 5.75. The Morgan fingerprint density at radius 2 is 2.28 bits per heavy atom. The van der Waals surface area contributed by atoms with Crippen LogP contribution in [0, 0.1) is 5.82 Å². The van der Waals surface area contributed by atoms with Gasteiger partial charge in [0.05, 0.1) is 0 Å². The number of amides is 1. The van der Waals surface area contributed by atoms with Crippen LogP contribution in [0.15, 0.2) is 18.2 Å². The molecule has 1 aromatic rings. The van der Waals surface area contributed by atoms with E-state index < -0.39 is 5.91 Å². The third kappa shape index (κ3) is 4.33. The predicted molar refractivity (Wildman–Crippen MR) is 67.8 cm³/mol. The van der Waals surface area contributed by atoms with Crippen molar-refractivity contribution in [2.45, 2.75) is 26.3 Å². The molecule has 0 aromatic heterocycles. The average Bonchev–Trinajstić information content (AvgIpc) is 2.33. The van der Waals surface area contributed by atoms with Crippen LogP contribution >= 0.6 is 0 Å². The third-order valence-electron chi connectivity index (χ3n) is 2.52. The molecule has 0 bridgehead atoms. The van der Waals surface area contributed by atoms with Crippen LogP contribution in [0.4, 0.5) is 4.39 Å². The highest BCUT2D eigenvalue weighted by Crippen LogP contribution is 2.21. The number of carbonyl (C=O) groups is 1. The van der Waals surface area contributed by atoms with Crippen molar-refractivity contribution in [3.05, 3.63) is 29.6 Å². The molecule has 0 saturated carbocycles. The predicted octanol–water partition coefficient (Wildman–Crippen LogP) is 1.75. The number of nitrogens with two attached hydrogens (primary N) is 1. The first-order valence-corrected chi connectivity index (χ1v) is 5.98. The summed E-state index contributed by atoms with van der Waals surface area (Å²) in [6, 6.07) is 4.49. The van der Waals surface area contributed by atoms with Crippen LogP contribution in [-0.2, 0) is 4.79 Å². The van der Waals surface area contributed by atoms with Gasteiger partial charge in [-0.05, 0) is 26.0 Å². The van der Waals surface area contributed by atoms with Crippen molar-refractivity contribution in [1.29, 1.82) is 0 Å². The molecule has 1 atom stereocenters. The number of halogens is 1. The quantitative estimate of drug-likeness (QED) is 0.779. The van der Waals surface area contributed by atoms with Gasteiger partial charge < -0.3 is 15.8 Å². The molecule has 0 aliphatic heterocycles. The van der Waals surface area contributed by atoms with Gasteiger partial charge >= 0.3 is 0 Å². The third-order valence-corrected chi connectivity index (χ3v) is 2.52. The number of ether oxygens (including phenoxy) is 1. The molecule has 1 amide bonds. The van der Waals surface area contributed by atoms with Gasteiger partial charge in [0.25, 0.3) is 5.91 Å². The molecule has 3 N–H and O–H groups in total. The monoisotopic (exact) mass is 254 g/mol. The van der Waals surface area contributed by atoms with Gasteiger partial charge in [0.1, 0.15) is 11.6 Å². The molecule has 0 aliphatic rings. The van der Waals surface area contributed by atoms with Crippen molar-refractivity contribution in [1.82, 2.24) is 5.32 Å². The lowest BCUT2D eigenvalue weighted by molar-refractivity contribution is -0.119. The Kier molecular flexibility index (Phi) is 5.58. The first-order valence-electron chi connectivity index (χ1n) is 5.98. The standard InChI is InChI=1S/C13H19FN2O2/c1-3-6-16-9(2)11-5-4-10(7-12(11)14)18-8-13(15)17/h4-5,7,9,16H,3,6,8H2,1-2H3,(H2,15,17). The SMILES string of the molecule is CCCNC(C)c1ccc(OCC(N)=O)cc1F. The van der Waals surface area contributed by atoms with E-state index in [9.17, 15) is 9.18 Å². The van der Waals surface area contributed by atoms with Crippen LogP contribution < -0.4 is 15.8 Å². The molecule has 0 heterocycles. The van der Waals surface area contributed by atoms with Crippen molar-refractivity contribution in [3.63, 3.8) is 0 Å². The highest BCUT2D eigenvalue weighted by Gasteiger charge is 2.11. The van der Waals surface area contributed by atoms with Crippen LogP contribution in [0.25, 0.3) is 0 Å². The zero-order valence-corrected chi connectivity index (χ0v) is 10.7. The van der Waals surface area contributed by atoms with Gasteiger partial charge in [-0.1, -0.05) is 13.0 Å². The number of hydrogen-bond acceptors (Lipinski definition) is 3. The molecule has 0 radical (unpaired) electrons. The first kappa shape index (κ1) is 14.4. The second-order valence-electron chi connectivity index (χ2n) is 4.11. The molecule has 100 valence electrons. The van der Waals surface area contributed by atoms with Crippen LogP contribution in [0.1, 0.15) is 31.9 Å². The molecule has 1 aromatic carbocycles. The summed E-state index contributed by atoms with van der Waals surface area (Å²) in [4.78, 5) is 10.5. The zero-order chi connectivity index (χ0) is 13.5. The Hall–Kier alpha value is -1.62. The van der Waals surface area contributed by atoms with Gasteiger partial charge in [-0.3, -0.25) is 4.79 Å². The average molecular weight is 254 g/mol. The smallest absolute Gasteiger partial charge is 0.255 e. The van der Waals surface area contributed by atoms with Crippen molar-refractivity contribution < 1.29 is 13.9 Å². The molecule has 0 fully saturated rings. The van der Waals surface area contributed by atoms with E-state index in [0.717, 1.165) is 13.0 Å². The van der Waals surface area contributed by atoms with E-state index in [-0.39, 0.29) is 18.5 Å². The fourth-order valence-corrected chi connectivity index (χ4v) is 1.57. The Morgan fingerprint density at radius 1 is 1.56 bits per heavy atom. The van der Waals surface area contributed by atoms with Gasteiger partial charge in [0.2, 0.25) is 0 Å². The van der Waals surface area contributed by atoms with Crippen LogP contribution in [-0.4, -0.2) is 19.1 Å². The van der Waals surface area contributed by atoms with Crippen LogP contribution in [0.2, 0.25) is 0 Å². The second-order valence-corrected chi connectivity index (χ2v) is 4.11. The van der Waals surface area contributed by atoms with Crippen molar-refractivity contribution in [2.24, 2.45) is 5.73 Å². The Labute approximate surface area is 106 Å². The van der Waals surface area contributed by atoms with Gasteiger partial charge in [0, 0.05) is 17.7 Å². The van der Waals surface area contributed by atoms with E-state index >= 15 is 0 Å². The first-order chi connectivity index (χ1) is 8.54. The highest BCUT2D eigenvalue weighted by atomic mass is 19.1. The molecular weight excluding hydrogens is 235 g/mol. The van der Waals surface area contributed by atoms with E-state index in [0.29, 0.717) is 11.3 Å². The summed E-state index contributed by atoms with van der Waals surface area (Å²) in [5, 5.41) is 3.20. The van der Waals surface area contributed by atoms with Gasteiger partial charge in [-0.2, -0.15) is 0 Å². The summed E-state index contributed by atoms with van der Waals surface area (Å²) in [5.41, 5.74) is 5.52. The molecule has 0 saturated heterocycles. The van der Waals surface area contributed by atoms with Crippen LogP contribution in [0.5, 0.6) is 5.75 Å². The lowest BCUT2D eigenvalue weighted by Crippen LogP contribution is -2.21. The van der Waals surface area contributed by atoms with E-state index in [1.165, 1.54) is 6.07 Å². The number of carbonyl (C=O) groups excluding carboxylic acids is 1. The lowest BCUT2D eigenvalue weighted by Gasteiger charge is -2.15. The normalized spacial score (nSPS) is 12.2. The Balaban J connectivity index is 2.69. The molecule has 1 rings (SSSR count). The topological polar surface area (TPSA) is 64.3 Å². The number of hydrogen-bond donors (Lipinski definition) is 2. The van der Waals surface area contributed by atoms with E-state index in [2.05, 4.69) is 12.2 Å². The summed E-state index contributed by atoms with van der Waals surface area (Å²) >= 11 is 0. The fraction of sp³-hybridized carbons (Fsp3) is 0.462. The molecular formula is C13H19FN2O2. The fourth-order valence-electron chi connectivity index (χ4n) is 1.57. The maximum absolute atomic E-state index is 13.8. The summed E-state index contributed by atoms with van der Waals surface area (Å²) in [6.07, 6.45) is 0.992. The summed E-state index contributed by atoms with van der Waals surface area (Å²) in [5.74, 6) is -0.636. The molecule has 4 nitrogen and oxygen atoms in total. The molecule has 5 heteroatoms. The van der Waals surface area contributed by atoms with E-state index in [1.54, 1.807) is 12.1 Å². The van der Waals surface area contributed by atoms with E-state index in [4.69, 9.17) is 10.5 Å². The van der Waals surface area contributed by atoms with Crippen molar-refractivity contribution in [2.75, 3.05) is 13.2 Å². The summed E-state index contributed by atoms with van der Waals surface area (Å²) in [6.45, 7) is 4.54. The van der Waals surface area contributed by atoms with Gasteiger partial charge in [-0.25, -0.2) is 4.39 Å². The van der Waals surface area contributed by atoms with Crippen molar-refractivity contribution >= 4 is 5.91 Å². The molecule has 1 unspecified atom stereocenters.